The summed E-state index contributed by atoms with van der Waals surface area (Å²) < 4.78 is 5.57. The van der Waals surface area contributed by atoms with Gasteiger partial charge in [0.25, 0.3) is 5.91 Å². The maximum absolute atomic E-state index is 12.4. The molecule has 6 heteroatoms. The van der Waals surface area contributed by atoms with Crippen LogP contribution in [0.25, 0.3) is 0 Å². The smallest absolute Gasteiger partial charge is 0.260 e. The van der Waals surface area contributed by atoms with Crippen LogP contribution in [0, 0.1) is 0 Å². The van der Waals surface area contributed by atoms with Gasteiger partial charge in [0, 0.05) is 39.2 Å². The predicted octanol–water partition coefficient (Wildman–Crippen LogP) is 1.55. The molecule has 1 amide bonds. The zero-order valence-electron chi connectivity index (χ0n) is 14.1. The van der Waals surface area contributed by atoms with E-state index in [0.717, 1.165) is 29.9 Å². The highest BCUT2D eigenvalue weighted by Crippen LogP contribution is 2.22. The molecule has 0 saturated carbocycles. The number of amides is 1. The lowest BCUT2D eigenvalue weighted by atomic mass is 10.1. The number of anilines is 1. The first-order valence-corrected chi connectivity index (χ1v) is 8.11. The van der Waals surface area contributed by atoms with Gasteiger partial charge in [-0.05, 0) is 18.6 Å². The zero-order valence-corrected chi connectivity index (χ0v) is 14.1. The third-order valence-electron chi connectivity index (χ3n) is 4.14. The molecule has 2 heterocycles. The van der Waals surface area contributed by atoms with E-state index in [2.05, 4.69) is 9.97 Å². The maximum atomic E-state index is 12.4. The Hall–Kier alpha value is -2.63. The number of carbonyl (C=O) groups is 1. The van der Waals surface area contributed by atoms with E-state index in [9.17, 15) is 4.79 Å². The monoisotopic (exact) mass is 326 g/mol. The van der Waals surface area contributed by atoms with Crippen LogP contribution in [-0.2, 0) is 17.6 Å². The van der Waals surface area contributed by atoms with Crippen molar-refractivity contribution in [3.63, 3.8) is 0 Å². The Kier molecular flexibility index (Phi) is 4.93. The zero-order chi connectivity index (χ0) is 16.9. The quantitative estimate of drug-likeness (QED) is 0.853. The molecule has 1 aliphatic rings. The molecule has 126 valence electrons. The largest absolute Gasteiger partial charge is 0.484 e. The molecule has 1 aromatic heterocycles. The number of ether oxygens (including phenoxy) is 1. The summed E-state index contributed by atoms with van der Waals surface area (Å²) in [4.78, 5) is 25.1. The van der Waals surface area contributed by atoms with E-state index in [1.807, 2.05) is 54.2 Å². The Morgan fingerprint density at radius 3 is 2.67 bits per heavy atom. The molecule has 0 N–H and O–H groups in total. The molecule has 24 heavy (non-hydrogen) atoms. The van der Waals surface area contributed by atoms with Gasteiger partial charge in [-0.15, -0.1) is 0 Å². The summed E-state index contributed by atoms with van der Waals surface area (Å²) >= 11 is 0. The summed E-state index contributed by atoms with van der Waals surface area (Å²) in [7, 11) is 3.95. The Labute approximate surface area is 142 Å². The van der Waals surface area contributed by atoms with Crippen LogP contribution in [0.15, 0.2) is 36.7 Å². The van der Waals surface area contributed by atoms with Crippen LogP contribution < -0.4 is 9.64 Å². The highest BCUT2D eigenvalue weighted by molar-refractivity contribution is 5.78. The summed E-state index contributed by atoms with van der Waals surface area (Å²) in [5.41, 5.74) is 2.18. The summed E-state index contributed by atoms with van der Waals surface area (Å²) in [5, 5.41) is 0. The molecule has 1 aliphatic heterocycles. The molecule has 0 fully saturated rings. The standard InChI is InChI=1S/C18H22N4O2/c1-21(2)18-15-8-10-22(11-9-16(15)19-13-20-18)17(23)12-24-14-6-4-3-5-7-14/h3-7,13H,8-12H2,1-2H3. The molecule has 6 nitrogen and oxygen atoms in total. The number of nitrogens with zero attached hydrogens (tertiary/aromatic N) is 4. The Balaban J connectivity index is 1.64. The van der Waals surface area contributed by atoms with E-state index in [4.69, 9.17) is 4.74 Å². The van der Waals surface area contributed by atoms with Gasteiger partial charge in [0.15, 0.2) is 6.61 Å². The van der Waals surface area contributed by atoms with Crippen molar-refractivity contribution in [1.82, 2.24) is 14.9 Å². The number of fused-ring (bicyclic) bond motifs is 1. The Bertz CT molecular complexity index is 703. The van der Waals surface area contributed by atoms with E-state index < -0.39 is 0 Å². The molecule has 2 aromatic rings. The minimum absolute atomic E-state index is 0.00558. The van der Waals surface area contributed by atoms with Crippen molar-refractivity contribution in [2.45, 2.75) is 12.8 Å². The van der Waals surface area contributed by atoms with E-state index in [1.165, 1.54) is 0 Å². The van der Waals surface area contributed by atoms with Gasteiger partial charge in [-0.25, -0.2) is 9.97 Å². The molecule has 0 unspecified atom stereocenters. The second kappa shape index (κ2) is 7.29. The fraction of sp³-hybridized carbons (Fsp3) is 0.389. The van der Waals surface area contributed by atoms with Gasteiger partial charge in [0.2, 0.25) is 0 Å². The average Bonchev–Trinajstić information content (AvgIpc) is 2.83. The lowest BCUT2D eigenvalue weighted by molar-refractivity contribution is -0.133. The normalized spacial score (nSPS) is 13.8. The number of hydrogen-bond donors (Lipinski definition) is 0. The van der Waals surface area contributed by atoms with E-state index >= 15 is 0 Å². The highest BCUT2D eigenvalue weighted by atomic mass is 16.5. The van der Waals surface area contributed by atoms with Crippen molar-refractivity contribution in [3.8, 4) is 5.75 Å². The summed E-state index contributed by atoms with van der Waals surface area (Å²) in [6, 6.07) is 9.41. The molecule has 0 radical (unpaired) electrons. The predicted molar refractivity (Wildman–Crippen MR) is 92.3 cm³/mol. The third kappa shape index (κ3) is 3.64. The van der Waals surface area contributed by atoms with E-state index in [-0.39, 0.29) is 12.5 Å². The lowest BCUT2D eigenvalue weighted by Crippen LogP contribution is -2.36. The minimum Gasteiger partial charge on any atom is -0.484 e. The third-order valence-corrected chi connectivity index (χ3v) is 4.14. The van der Waals surface area contributed by atoms with Gasteiger partial charge in [-0.3, -0.25) is 4.79 Å². The van der Waals surface area contributed by atoms with Crippen LogP contribution in [0.1, 0.15) is 11.3 Å². The van der Waals surface area contributed by atoms with Gasteiger partial charge < -0.3 is 14.5 Å². The summed E-state index contributed by atoms with van der Waals surface area (Å²) in [6.45, 7) is 1.39. The van der Waals surface area contributed by atoms with Gasteiger partial charge in [-0.2, -0.15) is 0 Å². The van der Waals surface area contributed by atoms with Crippen molar-refractivity contribution < 1.29 is 9.53 Å². The van der Waals surface area contributed by atoms with Crippen molar-refractivity contribution in [3.05, 3.63) is 47.9 Å². The van der Waals surface area contributed by atoms with Crippen LogP contribution in [-0.4, -0.2) is 54.6 Å². The molecule has 1 aromatic carbocycles. The number of hydrogen-bond acceptors (Lipinski definition) is 5. The van der Waals surface area contributed by atoms with Gasteiger partial charge in [-0.1, -0.05) is 18.2 Å². The highest BCUT2D eigenvalue weighted by Gasteiger charge is 2.22. The fourth-order valence-electron chi connectivity index (χ4n) is 2.90. The molecule has 0 aliphatic carbocycles. The lowest BCUT2D eigenvalue weighted by Gasteiger charge is -2.20. The van der Waals surface area contributed by atoms with Crippen LogP contribution in [0.5, 0.6) is 5.75 Å². The van der Waals surface area contributed by atoms with Crippen LogP contribution >= 0.6 is 0 Å². The minimum atomic E-state index is 0.00558. The molecule has 0 bridgehead atoms. The topological polar surface area (TPSA) is 58.6 Å². The van der Waals surface area contributed by atoms with E-state index in [1.54, 1.807) is 6.33 Å². The maximum Gasteiger partial charge on any atom is 0.260 e. The summed E-state index contributed by atoms with van der Waals surface area (Å²) in [6.07, 6.45) is 3.11. The second-order valence-corrected chi connectivity index (χ2v) is 6.00. The van der Waals surface area contributed by atoms with Crippen molar-refractivity contribution >= 4 is 11.7 Å². The van der Waals surface area contributed by atoms with Gasteiger partial charge in [0.1, 0.15) is 17.9 Å². The molecular formula is C18H22N4O2. The van der Waals surface area contributed by atoms with Crippen molar-refractivity contribution in [1.29, 1.82) is 0 Å². The first-order valence-electron chi connectivity index (χ1n) is 8.11. The Morgan fingerprint density at radius 2 is 1.92 bits per heavy atom. The average molecular weight is 326 g/mol. The van der Waals surface area contributed by atoms with Crippen molar-refractivity contribution in [2.24, 2.45) is 0 Å². The van der Waals surface area contributed by atoms with Crippen LogP contribution in [0.4, 0.5) is 5.82 Å². The van der Waals surface area contributed by atoms with E-state index in [0.29, 0.717) is 18.8 Å². The van der Waals surface area contributed by atoms with Crippen LogP contribution in [0.2, 0.25) is 0 Å². The molecule has 0 saturated heterocycles. The number of rotatable bonds is 4. The molecule has 0 atom stereocenters. The summed E-state index contributed by atoms with van der Waals surface area (Å²) in [5.74, 6) is 1.66. The number of carbonyl (C=O) groups excluding carboxylic acids is 1. The second-order valence-electron chi connectivity index (χ2n) is 6.00. The first-order chi connectivity index (χ1) is 11.6. The van der Waals surface area contributed by atoms with Crippen LogP contribution in [0.3, 0.4) is 0 Å². The van der Waals surface area contributed by atoms with Gasteiger partial charge >= 0.3 is 0 Å². The first kappa shape index (κ1) is 16.2. The Morgan fingerprint density at radius 1 is 1.17 bits per heavy atom. The van der Waals surface area contributed by atoms with Gasteiger partial charge in [0.05, 0.1) is 5.69 Å². The SMILES string of the molecule is CN(C)c1ncnc2c1CCN(C(=O)COc1ccccc1)CC2. The number of aromatic nitrogens is 2. The fourth-order valence-corrected chi connectivity index (χ4v) is 2.90. The number of para-hydroxylation sites is 1. The number of benzene rings is 1. The molecule has 3 rings (SSSR count). The van der Waals surface area contributed by atoms with Crippen molar-refractivity contribution in [2.75, 3.05) is 38.7 Å². The molecular weight excluding hydrogens is 304 g/mol. The molecule has 0 spiro atoms.